The highest BCUT2D eigenvalue weighted by molar-refractivity contribution is 7.98. The van der Waals surface area contributed by atoms with Crippen LogP contribution in [0.2, 0.25) is 5.02 Å². The van der Waals surface area contributed by atoms with Crippen LogP contribution in [0.3, 0.4) is 0 Å². The van der Waals surface area contributed by atoms with E-state index in [-0.39, 0.29) is 22.7 Å². The fraction of sp³-hybridized carbons (Fsp3) is 0.200. The van der Waals surface area contributed by atoms with E-state index in [9.17, 15) is 18.4 Å². The predicted molar refractivity (Wildman–Crippen MR) is 100 cm³/mol. The molecule has 4 rings (SSSR count). The second kappa shape index (κ2) is 7.19. The van der Waals surface area contributed by atoms with Crippen molar-refractivity contribution >= 4 is 23.4 Å². The Hall–Kier alpha value is -2.43. The van der Waals surface area contributed by atoms with Crippen molar-refractivity contribution in [2.75, 3.05) is 0 Å². The molecule has 28 heavy (non-hydrogen) atoms. The van der Waals surface area contributed by atoms with Crippen molar-refractivity contribution in [3.8, 4) is 17.3 Å². The average molecular weight is 421 g/mol. The van der Waals surface area contributed by atoms with Gasteiger partial charge in [0, 0.05) is 22.8 Å². The van der Waals surface area contributed by atoms with Crippen LogP contribution in [-0.2, 0) is 24.8 Å². The summed E-state index contributed by atoms with van der Waals surface area (Å²) in [5.74, 6) is 0.912. The summed E-state index contributed by atoms with van der Waals surface area (Å²) in [6.45, 7) is 0. The largest absolute Gasteiger partial charge is 0.469 e. The number of pyridine rings is 1. The minimum Gasteiger partial charge on any atom is -0.469 e. The van der Waals surface area contributed by atoms with Gasteiger partial charge in [-0.05, 0) is 29.7 Å². The number of thioether (sulfide) groups is 1. The monoisotopic (exact) mass is 420 g/mol. The summed E-state index contributed by atoms with van der Waals surface area (Å²) in [4.78, 5) is 4.45. The number of aromatic nitrogens is 1. The van der Waals surface area contributed by atoms with Gasteiger partial charge in [-0.2, -0.15) is 18.4 Å². The molecule has 0 aliphatic heterocycles. The molecule has 1 aliphatic carbocycles. The number of nitrogens with zero attached hydrogens (tertiary/aromatic N) is 2. The zero-order valence-corrected chi connectivity index (χ0v) is 15.9. The molecule has 0 atom stereocenters. The third-order valence-corrected chi connectivity index (χ3v) is 5.98. The molecule has 0 saturated carbocycles. The molecule has 0 spiro atoms. The molecule has 1 aromatic carbocycles. The van der Waals surface area contributed by atoms with Gasteiger partial charge in [0.05, 0.1) is 23.1 Å². The smallest absolute Gasteiger partial charge is 0.418 e. The highest BCUT2D eigenvalue weighted by Gasteiger charge is 2.41. The van der Waals surface area contributed by atoms with E-state index in [0.717, 1.165) is 17.3 Å². The second-order valence-corrected chi connectivity index (χ2v) is 7.61. The fourth-order valence-electron chi connectivity index (χ4n) is 3.33. The standard InChI is InChI=1S/C20H12ClF3N2OS/c21-15-4-2-1-3-11(15)10-28-19-14(9-25)17(20(22,23)24)13-5-6-16-12(7-8-27-16)18(13)26-19/h1-4,7-8H,5-6,10H2. The molecule has 0 radical (unpaired) electrons. The predicted octanol–water partition coefficient (Wildman–Crippen LogP) is 6.28. The lowest BCUT2D eigenvalue weighted by Crippen LogP contribution is -2.18. The summed E-state index contributed by atoms with van der Waals surface area (Å²) in [6, 6.07) is 10.4. The van der Waals surface area contributed by atoms with E-state index in [1.165, 1.54) is 6.26 Å². The first-order valence-electron chi connectivity index (χ1n) is 8.37. The van der Waals surface area contributed by atoms with Gasteiger partial charge in [-0.15, -0.1) is 11.8 Å². The van der Waals surface area contributed by atoms with E-state index < -0.39 is 17.3 Å². The van der Waals surface area contributed by atoms with Crippen LogP contribution in [0.5, 0.6) is 0 Å². The van der Waals surface area contributed by atoms with Crippen molar-refractivity contribution in [3.63, 3.8) is 0 Å². The van der Waals surface area contributed by atoms with Crippen LogP contribution < -0.4 is 0 Å². The summed E-state index contributed by atoms with van der Waals surface area (Å²) in [7, 11) is 0. The molecular formula is C20H12ClF3N2OS. The molecule has 2 aromatic heterocycles. The number of furan rings is 1. The zero-order chi connectivity index (χ0) is 19.9. The maximum Gasteiger partial charge on any atom is 0.418 e. The van der Waals surface area contributed by atoms with Crippen molar-refractivity contribution in [1.82, 2.24) is 4.98 Å². The number of rotatable bonds is 3. The Morgan fingerprint density at radius 1 is 1.21 bits per heavy atom. The van der Waals surface area contributed by atoms with Gasteiger partial charge in [0.25, 0.3) is 0 Å². The number of aryl methyl sites for hydroxylation is 1. The lowest BCUT2D eigenvalue weighted by Gasteiger charge is -2.22. The van der Waals surface area contributed by atoms with Gasteiger partial charge < -0.3 is 4.42 Å². The second-order valence-electron chi connectivity index (χ2n) is 6.24. The van der Waals surface area contributed by atoms with E-state index >= 15 is 0 Å². The van der Waals surface area contributed by atoms with Gasteiger partial charge >= 0.3 is 6.18 Å². The molecule has 2 heterocycles. The number of halogens is 4. The van der Waals surface area contributed by atoms with Crippen LogP contribution in [0.25, 0.3) is 11.3 Å². The quantitative estimate of drug-likeness (QED) is 0.468. The molecule has 8 heteroatoms. The van der Waals surface area contributed by atoms with E-state index in [1.54, 1.807) is 36.4 Å². The Morgan fingerprint density at radius 2 is 2.00 bits per heavy atom. The van der Waals surface area contributed by atoms with Crippen LogP contribution in [0.15, 0.2) is 46.0 Å². The molecule has 0 fully saturated rings. The minimum atomic E-state index is -4.65. The summed E-state index contributed by atoms with van der Waals surface area (Å²) < 4.78 is 47.1. The number of alkyl halides is 3. The summed E-state index contributed by atoms with van der Waals surface area (Å²) >= 11 is 7.22. The topological polar surface area (TPSA) is 49.8 Å². The van der Waals surface area contributed by atoms with Crippen LogP contribution in [-0.4, -0.2) is 4.98 Å². The lowest BCUT2D eigenvalue weighted by molar-refractivity contribution is -0.138. The van der Waals surface area contributed by atoms with Gasteiger partial charge in [-0.25, -0.2) is 4.98 Å². The van der Waals surface area contributed by atoms with Gasteiger partial charge in [0.15, 0.2) is 0 Å². The highest BCUT2D eigenvalue weighted by atomic mass is 35.5. The fourth-order valence-corrected chi connectivity index (χ4v) is 4.61. The molecule has 0 bridgehead atoms. The first-order chi connectivity index (χ1) is 13.4. The number of fused-ring (bicyclic) bond motifs is 3. The summed E-state index contributed by atoms with van der Waals surface area (Å²) in [6.07, 6.45) is -2.73. The molecular weight excluding hydrogens is 409 g/mol. The van der Waals surface area contributed by atoms with Crippen molar-refractivity contribution < 1.29 is 17.6 Å². The molecule has 3 aromatic rings. The maximum absolute atomic E-state index is 13.9. The average Bonchev–Trinajstić information content (AvgIpc) is 3.14. The lowest BCUT2D eigenvalue weighted by atomic mass is 9.89. The Labute approximate surface area is 168 Å². The first-order valence-corrected chi connectivity index (χ1v) is 9.73. The molecule has 0 unspecified atom stereocenters. The Kier molecular flexibility index (Phi) is 4.86. The van der Waals surface area contributed by atoms with Crippen LogP contribution >= 0.6 is 23.4 Å². The van der Waals surface area contributed by atoms with Crippen molar-refractivity contribution in [1.29, 1.82) is 5.26 Å². The van der Waals surface area contributed by atoms with E-state index in [0.29, 0.717) is 28.5 Å². The van der Waals surface area contributed by atoms with Crippen molar-refractivity contribution in [2.45, 2.75) is 29.8 Å². The van der Waals surface area contributed by atoms with Gasteiger partial charge in [0.1, 0.15) is 16.9 Å². The molecule has 142 valence electrons. The van der Waals surface area contributed by atoms with Gasteiger partial charge in [0.2, 0.25) is 0 Å². The normalized spacial score (nSPS) is 13.0. The number of hydrogen-bond donors (Lipinski definition) is 0. The van der Waals surface area contributed by atoms with E-state index in [4.69, 9.17) is 16.0 Å². The Morgan fingerprint density at radius 3 is 2.71 bits per heavy atom. The van der Waals surface area contributed by atoms with Gasteiger partial charge in [-0.1, -0.05) is 29.8 Å². The molecule has 3 nitrogen and oxygen atoms in total. The maximum atomic E-state index is 13.9. The third kappa shape index (κ3) is 3.27. The Balaban J connectivity index is 1.86. The molecule has 1 aliphatic rings. The van der Waals surface area contributed by atoms with E-state index in [2.05, 4.69) is 4.98 Å². The number of benzene rings is 1. The van der Waals surface area contributed by atoms with E-state index in [1.807, 2.05) is 0 Å². The minimum absolute atomic E-state index is 0.0440. The summed E-state index contributed by atoms with van der Waals surface area (Å²) in [5, 5.41) is 10.1. The molecule has 0 N–H and O–H groups in total. The highest BCUT2D eigenvalue weighted by Crippen LogP contribution is 2.45. The molecule has 0 amide bonds. The molecule has 0 saturated heterocycles. The SMILES string of the molecule is N#Cc1c(SCc2ccccc2Cl)nc2c(c1C(F)(F)F)CCc1occc1-2. The Bertz CT molecular complexity index is 1100. The number of hydrogen-bond acceptors (Lipinski definition) is 4. The van der Waals surface area contributed by atoms with Crippen molar-refractivity contribution in [3.05, 3.63) is 69.6 Å². The van der Waals surface area contributed by atoms with Crippen LogP contribution in [0.4, 0.5) is 13.2 Å². The first kappa shape index (κ1) is 18.9. The van der Waals surface area contributed by atoms with Crippen LogP contribution in [0.1, 0.15) is 28.0 Å². The van der Waals surface area contributed by atoms with Crippen molar-refractivity contribution in [2.24, 2.45) is 0 Å². The zero-order valence-electron chi connectivity index (χ0n) is 14.3. The van der Waals surface area contributed by atoms with Gasteiger partial charge in [-0.3, -0.25) is 0 Å². The van der Waals surface area contributed by atoms with Crippen LogP contribution in [0, 0.1) is 11.3 Å². The summed E-state index contributed by atoms with van der Waals surface area (Å²) in [5.41, 5.74) is 0.276. The third-order valence-electron chi connectivity index (χ3n) is 4.58. The number of nitriles is 1.